The van der Waals surface area contributed by atoms with Crippen molar-refractivity contribution in [3.8, 4) is 0 Å². The maximum Gasteiger partial charge on any atom is 0.250 e. The molecule has 2 heterocycles. The molecule has 1 aromatic rings. The zero-order valence-corrected chi connectivity index (χ0v) is 20.9. The zero-order chi connectivity index (χ0) is 24.2. The fraction of sp³-hybridized carbons (Fsp3) is 0.654. The van der Waals surface area contributed by atoms with Crippen LogP contribution in [-0.2, 0) is 14.4 Å². The van der Waals surface area contributed by atoms with Gasteiger partial charge in [0.15, 0.2) is 0 Å². The number of anilines is 1. The van der Waals surface area contributed by atoms with Crippen molar-refractivity contribution < 1.29 is 14.4 Å². The lowest BCUT2D eigenvalue weighted by atomic mass is 9.84. The molecule has 7 nitrogen and oxygen atoms in total. The SMILES string of the molecule is CCC(C)CNC(=O)CN1CN(c2ccccc2)C2(CCN(C(=O)CC(C)(C)C)CC2)C1=O. The van der Waals surface area contributed by atoms with Crippen LogP contribution in [0.15, 0.2) is 30.3 Å². The first-order valence-corrected chi connectivity index (χ1v) is 12.2. The first-order valence-electron chi connectivity index (χ1n) is 12.2. The van der Waals surface area contributed by atoms with Crippen molar-refractivity contribution in [2.45, 2.75) is 65.8 Å². The van der Waals surface area contributed by atoms with Crippen molar-refractivity contribution >= 4 is 23.4 Å². The normalized spacial score (nSPS) is 19.2. The highest BCUT2D eigenvalue weighted by Crippen LogP contribution is 2.39. The topological polar surface area (TPSA) is 73.0 Å². The molecule has 0 bridgehead atoms. The quantitative estimate of drug-likeness (QED) is 0.684. The van der Waals surface area contributed by atoms with Crippen LogP contribution in [0.2, 0.25) is 0 Å². The first kappa shape index (κ1) is 25.1. The van der Waals surface area contributed by atoms with E-state index in [2.05, 4.69) is 44.8 Å². The van der Waals surface area contributed by atoms with Crippen molar-refractivity contribution in [2.24, 2.45) is 11.3 Å². The molecule has 2 saturated heterocycles. The van der Waals surface area contributed by atoms with Gasteiger partial charge in [0.1, 0.15) is 12.1 Å². The summed E-state index contributed by atoms with van der Waals surface area (Å²) < 4.78 is 0. The highest BCUT2D eigenvalue weighted by atomic mass is 16.2. The average molecular weight is 457 g/mol. The Kier molecular flexibility index (Phi) is 7.70. The van der Waals surface area contributed by atoms with Gasteiger partial charge in [-0.05, 0) is 36.3 Å². The lowest BCUT2D eigenvalue weighted by molar-refractivity contribution is -0.140. The number of amides is 3. The molecule has 0 saturated carbocycles. The van der Waals surface area contributed by atoms with E-state index in [0.29, 0.717) is 51.5 Å². The Morgan fingerprint density at radius 2 is 1.76 bits per heavy atom. The summed E-state index contributed by atoms with van der Waals surface area (Å²) in [5, 5.41) is 2.97. The van der Waals surface area contributed by atoms with E-state index >= 15 is 0 Å². The van der Waals surface area contributed by atoms with Crippen LogP contribution in [0.5, 0.6) is 0 Å². The summed E-state index contributed by atoms with van der Waals surface area (Å²) in [6, 6.07) is 9.92. The molecule has 3 amide bonds. The third kappa shape index (κ3) is 5.87. The molecule has 33 heavy (non-hydrogen) atoms. The average Bonchev–Trinajstić information content (AvgIpc) is 3.03. The molecule has 2 aliphatic heterocycles. The maximum atomic E-state index is 13.7. The van der Waals surface area contributed by atoms with Crippen LogP contribution in [0.4, 0.5) is 5.69 Å². The number of para-hydroxylation sites is 1. The van der Waals surface area contributed by atoms with Gasteiger partial charge in [0.05, 0.1) is 6.67 Å². The smallest absolute Gasteiger partial charge is 0.250 e. The first-order chi connectivity index (χ1) is 15.6. The summed E-state index contributed by atoms with van der Waals surface area (Å²) in [5.41, 5.74) is 0.199. The van der Waals surface area contributed by atoms with Crippen molar-refractivity contribution in [2.75, 3.05) is 37.7 Å². The monoisotopic (exact) mass is 456 g/mol. The van der Waals surface area contributed by atoms with E-state index in [0.717, 1.165) is 12.1 Å². The van der Waals surface area contributed by atoms with Gasteiger partial charge in [0, 0.05) is 31.7 Å². The van der Waals surface area contributed by atoms with E-state index in [1.807, 2.05) is 35.2 Å². The Bertz CT molecular complexity index is 841. The van der Waals surface area contributed by atoms with Gasteiger partial charge in [0.2, 0.25) is 11.8 Å². The van der Waals surface area contributed by atoms with Gasteiger partial charge < -0.3 is 20.0 Å². The molecule has 1 aromatic carbocycles. The van der Waals surface area contributed by atoms with Crippen LogP contribution < -0.4 is 10.2 Å². The Morgan fingerprint density at radius 1 is 1.12 bits per heavy atom. The van der Waals surface area contributed by atoms with Crippen molar-refractivity contribution in [1.29, 1.82) is 0 Å². The predicted molar refractivity (Wildman–Crippen MR) is 131 cm³/mol. The molecule has 1 N–H and O–H groups in total. The molecule has 182 valence electrons. The minimum Gasteiger partial charge on any atom is -0.354 e. The Balaban J connectivity index is 1.75. The highest BCUT2D eigenvalue weighted by Gasteiger charge is 2.54. The number of carbonyl (C=O) groups excluding carboxylic acids is 3. The molecule has 1 atom stereocenters. The summed E-state index contributed by atoms with van der Waals surface area (Å²) in [7, 11) is 0. The number of piperidine rings is 1. The molecule has 3 rings (SSSR count). The minimum absolute atomic E-state index is 0.00652. The standard InChI is InChI=1S/C26H40N4O3/c1-6-20(2)17-27-22(31)18-29-19-30(21-10-8-7-9-11-21)26(24(29)33)12-14-28(15-13-26)23(32)16-25(3,4)5/h7-11,20H,6,12-19H2,1-5H3,(H,27,31). The van der Waals surface area contributed by atoms with Gasteiger partial charge in [0.25, 0.3) is 5.91 Å². The second-order valence-electron chi connectivity index (χ2n) is 10.9. The second-order valence-corrected chi connectivity index (χ2v) is 10.9. The van der Waals surface area contributed by atoms with Gasteiger partial charge >= 0.3 is 0 Å². The van der Waals surface area contributed by atoms with E-state index in [9.17, 15) is 14.4 Å². The lowest BCUT2D eigenvalue weighted by Crippen LogP contribution is -2.57. The number of nitrogens with zero attached hydrogens (tertiary/aromatic N) is 3. The molecule has 1 unspecified atom stereocenters. The molecular weight excluding hydrogens is 416 g/mol. The fourth-order valence-electron chi connectivity index (χ4n) is 4.68. The number of likely N-dealkylation sites (tertiary alicyclic amines) is 1. The predicted octanol–water partition coefficient (Wildman–Crippen LogP) is 3.25. The molecule has 0 aliphatic carbocycles. The number of carbonyl (C=O) groups is 3. The van der Waals surface area contributed by atoms with Crippen LogP contribution >= 0.6 is 0 Å². The van der Waals surface area contributed by atoms with E-state index in [1.165, 1.54) is 0 Å². The van der Waals surface area contributed by atoms with Crippen molar-refractivity contribution in [3.05, 3.63) is 30.3 Å². The second kappa shape index (κ2) is 10.1. The molecule has 0 aromatic heterocycles. The van der Waals surface area contributed by atoms with Gasteiger partial charge in [-0.2, -0.15) is 0 Å². The van der Waals surface area contributed by atoms with E-state index in [1.54, 1.807) is 4.90 Å². The number of benzene rings is 1. The van der Waals surface area contributed by atoms with Crippen LogP contribution in [0, 0.1) is 11.3 Å². The van der Waals surface area contributed by atoms with Crippen LogP contribution in [0.1, 0.15) is 60.3 Å². The van der Waals surface area contributed by atoms with E-state index < -0.39 is 5.54 Å². The third-order valence-electron chi connectivity index (χ3n) is 6.89. The highest BCUT2D eigenvalue weighted by molar-refractivity contribution is 5.96. The van der Waals surface area contributed by atoms with Crippen LogP contribution in [0.3, 0.4) is 0 Å². The summed E-state index contributed by atoms with van der Waals surface area (Å²) in [5.74, 6) is 0.431. The molecule has 2 fully saturated rings. The third-order valence-corrected chi connectivity index (χ3v) is 6.89. The van der Waals surface area contributed by atoms with E-state index in [4.69, 9.17) is 0 Å². The molecule has 7 heteroatoms. The van der Waals surface area contributed by atoms with Gasteiger partial charge in [-0.15, -0.1) is 0 Å². The largest absolute Gasteiger partial charge is 0.354 e. The van der Waals surface area contributed by atoms with Crippen molar-refractivity contribution in [3.63, 3.8) is 0 Å². The molecule has 2 aliphatic rings. The van der Waals surface area contributed by atoms with Crippen LogP contribution in [0.25, 0.3) is 0 Å². The van der Waals surface area contributed by atoms with Crippen LogP contribution in [-0.4, -0.2) is 65.9 Å². The van der Waals surface area contributed by atoms with Crippen molar-refractivity contribution in [1.82, 2.24) is 15.1 Å². The van der Waals surface area contributed by atoms with Gasteiger partial charge in [-0.25, -0.2) is 0 Å². The Morgan fingerprint density at radius 3 is 2.33 bits per heavy atom. The summed E-state index contributed by atoms with van der Waals surface area (Å²) >= 11 is 0. The number of rotatable bonds is 7. The minimum atomic E-state index is -0.711. The fourth-order valence-corrected chi connectivity index (χ4v) is 4.68. The molecule has 0 radical (unpaired) electrons. The number of nitrogens with one attached hydrogen (secondary N) is 1. The zero-order valence-electron chi connectivity index (χ0n) is 20.9. The summed E-state index contributed by atoms with van der Waals surface area (Å²) in [6.45, 7) is 12.6. The summed E-state index contributed by atoms with van der Waals surface area (Å²) in [6.07, 6.45) is 2.64. The summed E-state index contributed by atoms with van der Waals surface area (Å²) in [4.78, 5) is 44.8. The van der Waals surface area contributed by atoms with Gasteiger partial charge in [-0.3, -0.25) is 14.4 Å². The molecular formula is C26H40N4O3. The van der Waals surface area contributed by atoms with Gasteiger partial charge in [-0.1, -0.05) is 59.2 Å². The Labute approximate surface area is 198 Å². The number of hydrogen-bond donors (Lipinski definition) is 1. The Hall–Kier alpha value is -2.57. The lowest BCUT2D eigenvalue weighted by Gasteiger charge is -2.43. The maximum absolute atomic E-state index is 13.7. The number of hydrogen-bond acceptors (Lipinski definition) is 4. The van der Waals surface area contributed by atoms with E-state index in [-0.39, 0.29) is 29.7 Å². The molecule has 1 spiro atoms.